The molecule has 0 fully saturated rings. The normalized spacial score (nSPS) is 12.3. The molecule has 6 nitrogen and oxygen atoms in total. The molecular weight excluding hydrogens is 318 g/mol. The molecule has 2 aromatic rings. The Morgan fingerprint density at radius 3 is 2.12 bits per heavy atom. The first-order valence-electron chi connectivity index (χ1n) is 8.44. The maximum absolute atomic E-state index is 12.5. The number of ether oxygens (including phenoxy) is 1. The number of esters is 1. The van der Waals surface area contributed by atoms with Crippen LogP contribution >= 0.6 is 0 Å². The average molecular weight is 343 g/mol. The zero-order chi connectivity index (χ0) is 18.6. The van der Waals surface area contributed by atoms with E-state index in [1.807, 2.05) is 40.0 Å². The van der Waals surface area contributed by atoms with Crippen molar-refractivity contribution < 1.29 is 14.3 Å². The summed E-state index contributed by atoms with van der Waals surface area (Å²) >= 11 is 0. The molecule has 0 unspecified atom stereocenters. The average Bonchev–Trinajstić information content (AvgIpc) is 3.08. The van der Waals surface area contributed by atoms with E-state index in [1.54, 1.807) is 47.0 Å². The predicted octanol–water partition coefficient (Wildman–Crippen LogP) is 3.06. The number of benzene rings is 1. The molecule has 2 rings (SSSR count). The van der Waals surface area contributed by atoms with E-state index in [2.05, 4.69) is 5.10 Å². The molecule has 0 radical (unpaired) electrons. The van der Waals surface area contributed by atoms with E-state index in [1.165, 1.54) is 0 Å². The summed E-state index contributed by atoms with van der Waals surface area (Å²) in [6.07, 6.45) is 2.67. The van der Waals surface area contributed by atoms with E-state index in [0.717, 1.165) is 5.69 Å². The molecule has 1 amide bonds. The van der Waals surface area contributed by atoms with Crippen molar-refractivity contribution in [1.82, 2.24) is 14.7 Å². The number of carbonyl (C=O) groups is 2. The minimum absolute atomic E-state index is 0.0435. The lowest BCUT2D eigenvalue weighted by Gasteiger charge is -2.32. The third-order valence-electron chi connectivity index (χ3n) is 3.87. The SMILES string of the molecule is CC(C)N(C(=O)[C@H](C)OC(=O)c1ccc(-n2cccn2)cc1)C(C)C. The zero-order valence-electron chi connectivity index (χ0n) is 15.3. The van der Waals surface area contributed by atoms with Crippen molar-refractivity contribution >= 4 is 11.9 Å². The van der Waals surface area contributed by atoms with E-state index in [0.29, 0.717) is 5.56 Å². The first-order valence-corrected chi connectivity index (χ1v) is 8.44. The molecule has 0 N–H and O–H groups in total. The van der Waals surface area contributed by atoms with Crippen LogP contribution in [0, 0.1) is 0 Å². The van der Waals surface area contributed by atoms with Gasteiger partial charge in [-0.3, -0.25) is 4.79 Å². The van der Waals surface area contributed by atoms with Crippen molar-refractivity contribution in [2.75, 3.05) is 0 Å². The summed E-state index contributed by atoms with van der Waals surface area (Å²) in [7, 11) is 0. The lowest BCUT2D eigenvalue weighted by Crippen LogP contribution is -2.47. The summed E-state index contributed by atoms with van der Waals surface area (Å²) in [5, 5.41) is 4.14. The number of amides is 1. The van der Waals surface area contributed by atoms with Crippen LogP contribution in [0.1, 0.15) is 45.0 Å². The van der Waals surface area contributed by atoms with E-state index in [4.69, 9.17) is 4.74 Å². The van der Waals surface area contributed by atoms with Crippen LogP contribution in [0.5, 0.6) is 0 Å². The van der Waals surface area contributed by atoms with Gasteiger partial charge in [-0.15, -0.1) is 0 Å². The fourth-order valence-electron chi connectivity index (χ4n) is 2.77. The molecule has 0 aliphatic rings. The summed E-state index contributed by atoms with van der Waals surface area (Å²) < 4.78 is 7.06. The molecule has 0 spiro atoms. The number of aromatic nitrogens is 2. The van der Waals surface area contributed by atoms with Gasteiger partial charge in [0.1, 0.15) is 0 Å². The molecule has 1 atom stereocenters. The molecule has 134 valence electrons. The van der Waals surface area contributed by atoms with Gasteiger partial charge in [0.25, 0.3) is 5.91 Å². The van der Waals surface area contributed by atoms with Crippen molar-refractivity contribution in [3.8, 4) is 5.69 Å². The van der Waals surface area contributed by atoms with Crippen molar-refractivity contribution in [1.29, 1.82) is 0 Å². The molecule has 1 heterocycles. The number of rotatable bonds is 6. The van der Waals surface area contributed by atoms with Gasteiger partial charge in [-0.1, -0.05) is 0 Å². The predicted molar refractivity (Wildman–Crippen MR) is 95.6 cm³/mol. The third kappa shape index (κ3) is 4.47. The van der Waals surface area contributed by atoms with Crippen LogP contribution in [0.3, 0.4) is 0 Å². The van der Waals surface area contributed by atoms with Gasteiger partial charge in [0.05, 0.1) is 11.3 Å². The van der Waals surface area contributed by atoms with Crippen LogP contribution < -0.4 is 0 Å². The highest BCUT2D eigenvalue weighted by Crippen LogP contribution is 2.13. The van der Waals surface area contributed by atoms with Gasteiger partial charge in [0, 0.05) is 24.5 Å². The molecular formula is C19H25N3O3. The fourth-order valence-corrected chi connectivity index (χ4v) is 2.77. The minimum atomic E-state index is -0.830. The zero-order valence-corrected chi connectivity index (χ0v) is 15.3. The second kappa shape index (κ2) is 7.96. The van der Waals surface area contributed by atoms with Gasteiger partial charge < -0.3 is 9.64 Å². The van der Waals surface area contributed by atoms with E-state index in [-0.39, 0.29) is 18.0 Å². The first kappa shape index (κ1) is 18.7. The Balaban J connectivity index is 2.04. The van der Waals surface area contributed by atoms with Crippen LogP contribution in [0.15, 0.2) is 42.7 Å². The van der Waals surface area contributed by atoms with Gasteiger partial charge in [-0.05, 0) is 65.0 Å². The maximum Gasteiger partial charge on any atom is 0.338 e. The minimum Gasteiger partial charge on any atom is -0.449 e. The number of carbonyl (C=O) groups excluding carboxylic acids is 2. The van der Waals surface area contributed by atoms with Crippen LogP contribution in [0.2, 0.25) is 0 Å². The van der Waals surface area contributed by atoms with Crippen molar-refractivity contribution in [2.45, 2.75) is 52.8 Å². The maximum atomic E-state index is 12.5. The molecule has 0 saturated carbocycles. The number of hydrogen-bond acceptors (Lipinski definition) is 4. The van der Waals surface area contributed by atoms with E-state index < -0.39 is 12.1 Å². The first-order chi connectivity index (χ1) is 11.8. The molecule has 1 aromatic carbocycles. The Kier molecular flexibility index (Phi) is 5.96. The van der Waals surface area contributed by atoms with Gasteiger partial charge in [0.2, 0.25) is 0 Å². The highest BCUT2D eigenvalue weighted by molar-refractivity contribution is 5.92. The van der Waals surface area contributed by atoms with E-state index >= 15 is 0 Å². The van der Waals surface area contributed by atoms with Gasteiger partial charge >= 0.3 is 5.97 Å². The second-order valence-corrected chi connectivity index (χ2v) is 6.48. The van der Waals surface area contributed by atoms with Gasteiger partial charge in [-0.2, -0.15) is 5.10 Å². The van der Waals surface area contributed by atoms with Crippen molar-refractivity contribution in [3.05, 3.63) is 48.3 Å². The Hall–Kier alpha value is -2.63. The Morgan fingerprint density at radius 1 is 1.04 bits per heavy atom. The molecule has 1 aromatic heterocycles. The Labute approximate surface area is 148 Å². The van der Waals surface area contributed by atoms with Crippen LogP contribution in [0.4, 0.5) is 0 Å². The van der Waals surface area contributed by atoms with Crippen LogP contribution in [0.25, 0.3) is 5.69 Å². The Bertz CT molecular complexity index is 698. The highest BCUT2D eigenvalue weighted by Gasteiger charge is 2.27. The lowest BCUT2D eigenvalue weighted by molar-refractivity contribution is -0.143. The standard InChI is InChI=1S/C19H25N3O3/c1-13(2)22(14(3)4)18(23)15(5)25-19(24)16-7-9-17(10-8-16)21-12-6-11-20-21/h6-15H,1-5H3/t15-/m0/s1. The summed E-state index contributed by atoms with van der Waals surface area (Å²) in [5.74, 6) is -0.702. The van der Waals surface area contributed by atoms with Gasteiger partial charge in [-0.25, -0.2) is 9.48 Å². The number of hydrogen-bond donors (Lipinski definition) is 0. The quantitative estimate of drug-likeness (QED) is 0.756. The number of nitrogens with zero attached hydrogens (tertiary/aromatic N) is 3. The monoisotopic (exact) mass is 343 g/mol. The highest BCUT2D eigenvalue weighted by atomic mass is 16.5. The second-order valence-electron chi connectivity index (χ2n) is 6.48. The van der Waals surface area contributed by atoms with E-state index in [9.17, 15) is 9.59 Å². The summed E-state index contributed by atoms with van der Waals surface area (Å²) in [4.78, 5) is 26.6. The summed E-state index contributed by atoms with van der Waals surface area (Å²) in [5.41, 5.74) is 1.24. The Morgan fingerprint density at radius 2 is 1.64 bits per heavy atom. The van der Waals surface area contributed by atoms with Gasteiger partial charge in [0.15, 0.2) is 6.10 Å². The third-order valence-corrected chi connectivity index (χ3v) is 3.87. The molecule has 0 bridgehead atoms. The lowest BCUT2D eigenvalue weighted by atomic mass is 10.2. The molecule has 0 saturated heterocycles. The molecule has 0 aliphatic carbocycles. The largest absolute Gasteiger partial charge is 0.449 e. The fraction of sp³-hybridized carbons (Fsp3) is 0.421. The molecule has 0 aliphatic heterocycles. The van der Waals surface area contributed by atoms with Crippen LogP contribution in [-0.2, 0) is 9.53 Å². The molecule has 25 heavy (non-hydrogen) atoms. The van der Waals surface area contributed by atoms with Crippen molar-refractivity contribution in [3.63, 3.8) is 0 Å². The summed E-state index contributed by atoms with van der Waals surface area (Å²) in [6, 6.07) is 8.81. The molecule has 6 heteroatoms. The van der Waals surface area contributed by atoms with Crippen LogP contribution in [-0.4, -0.2) is 44.7 Å². The smallest absolute Gasteiger partial charge is 0.338 e. The topological polar surface area (TPSA) is 64.4 Å². The van der Waals surface area contributed by atoms with Crippen molar-refractivity contribution in [2.24, 2.45) is 0 Å². The summed E-state index contributed by atoms with van der Waals surface area (Å²) in [6.45, 7) is 9.39.